The minimum absolute atomic E-state index is 0.0160. The van der Waals surface area contributed by atoms with Crippen LogP contribution in [0.1, 0.15) is 23.2 Å². The first-order valence-electron chi connectivity index (χ1n) is 8.31. The van der Waals surface area contributed by atoms with Crippen LogP contribution in [0.3, 0.4) is 0 Å². The van der Waals surface area contributed by atoms with Gasteiger partial charge in [-0.2, -0.15) is 0 Å². The first kappa shape index (κ1) is 17.0. The maximum Gasteiger partial charge on any atom is 0.320 e. The highest BCUT2D eigenvalue weighted by Gasteiger charge is 2.31. The third kappa shape index (κ3) is 3.96. The Labute approximate surface area is 147 Å². The van der Waals surface area contributed by atoms with E-state index in [1.807, 2.05) is 51.1 Å². The van der Waals surface area contributed by atoms with E-state index in [4.69, 9.17) is 0 Å². The number of nitrogens with zero attached hydrogens (tertiary/aromatic N) is 2. The predicted molar refractivity (Wildman–Crippen MR) is 97.8 cm³/mol. The molecular weight excluding hydrogens is 316 g/mol. The Balaban J connectivity index is 1.62. The summed E-state index contributed by atoms with van der Waals surface area (Å²) < 4.78 is 0. The second-order valence-corrected chi connectivity index (χ2v) is 6.44. The number of pyridine rings is 1. The summed E-state index contributed by atoms with van der Waals surface area (Å²) in [6, 6.07) is 10.8. The molecule has 1 aromatic heterocycles. The average molecular weight is 338 g/mol. The lowest BCUT2D eigenvalue weighted by molar-refractivity contribution is -0.117. The Bertz CT molecular complexity index is 819. The number of anilines is 2. The molecule has 6 heteroatoms. The molecule has 2 heterocycles. The van der Waals surface area contributed by atoms with Crippen molar-refractivity contribution in [1.29, 1.82) is 0 Å². The summed E-state index contributed by atoms with van der Waals surface area (Å²) in [7, 11) is 0. The van der Waals surface area contributed by atoms with Crippen LogP contribution in [0.25, 0.3) is 0 Å². The summed E-state index contributed by atoms with van der Waals surface area (Å²) in [5, 5.41) is 5.56. The van der Waals surface area contributed by atoms with Crippen LogP contribution in [0.4, 0.5) is 16.3 Å². The van der Waals surface area contributed by atoms with Gasteiger partial charge in [0.15, 0.2) is 0 Å². The van der Waals surface area contributed by atoms with Crippen molar-refractivity contribution in [3.63, 3.8) is 0 Å². The number of rotatable bonds is 3. The number of nitrogens with one attached hydrogen (secondary N) is 2. The number of aryl methyl sites for hydroxylation is 3. The smallest absolute Gasteiger partial charge is 0.320 e. The van der Waals surface area contributed by atoms with Gasteiger partial charge in [-0.1, -0.05) is 12.1 Å². The van der Waals surface area contributed by atoms with Crippen molar-refractivity contribution < 1.29 is 9.59 Å². The summed E-state index contributed by atoms with van der Waals surface area (Å²) in [5.41, 5.74) is 4.04. The molecule has 1 aliphatic heterocycles. The zero-order valence-electron chi connectivity index (χ0n) is 14.7. The number of benzene rings is 1. The highest BCUT2D eigenvalue weighted by Crippen LogP contribution is 2.24. The second kappa shape index (κ2) is 6.93. The van der Waals surface area contributed by atoms with Crippen molar-refractivity contribution in [2.45, 2.75) is 33.2 Å². The molecule has 0 radical (unpaired) electrons. The van der Waals surface area contributed by atoms with Crippen molar-refractivity contribution in [2.75, 3.05) is 16.8 Å². The van der Waals surface area contributed by atoms with Crippen molar-refractivity contribution in [2.24, 2.45) is 0 Å². The number of aromatic nitrogens is 1. The summed E-state index contributed by atoms with van der Waals surface area (Å²) in [6.45, 7) is 6.40. The lowest BCUT2D eigenvalue weighted by atomic mass is 10.1. The normalized spacial score (nSPS) is 16.8. The van der Waals surface area contributed by atoms with Gasteiger partial charge in [0.1, 0.15) is 5.82 Å². The average Bonchev–Trinajstić information content (AvgIpc) is 2.90. The molecular formula is C19H22N4O2. The molecule has 1 unspecified atom stereocenters. The van der Waals surface area contributed by atoms with Crippen LogP contribution in [0, 0.1) is 20.8 Å². The molecule has 0 spiro atoms. The van der Waals surface area contributed by atoms with Crippen LogP contribution in [0.15, 0.2) is 36.4 Å². The Morgan fingerprint density at radius 1 is 1.16 bits per heavy atom. The Morgan fingerprint density at radius 3 is 2.68 bits per heavy atom. The second-order valence-electron chi connectivity index (χ2n) is 6.44. The van der Waals surface area contributed by atoms with E-state index in [1.54, 1.807) is 11.0 Å². The molecule has 3 rings (SSSR count). The number of amides is 3. The topological polar surface area (TPSA) is 74.3 Å². The maximum absolute atomic E-state index is 12.3. The molecule has 2 N–H and O–H groups in total. The lowest BCUT2D eigenvalue weighted by Crippen LogP contribution is -2.39. The van der Waals surface area contributed by atoms with Gasteiger partial charge in [0.25, 0.3) is 0 Å². The van der Waals surface area contributed by atoms with Gasteiger partial charge in [0.2, 0.25) is 5.91 Å². The summed E-state index contributed by atoms with van der Waals surface area (Å²) in [6.07, 6.45) is 0.293. The fourth-order valence-electron chi connectivity index (χ4n) is 2.90. The molecule has 130 valence electrons. The first-order valence-corrected chi connectivity index (χ1v) is 8.31. The van der Waals surface area contributed by atoms with Crippen LogP contribution in [-0.2, 0) is 4.79 Å². The predicted octanol–water partition coefficient (Wildman–Crippen LogP) is 2.93. The fourth-order valence-corrected chi connectivity index (χ4v) is 2.90. The third-order valence-electron chi connectivity index (χ3n) is 4.39. The highest BCUT2D eigenvalue weighted by atomic mass is 16.2. The number of hydrogen-bond acceptors (Lipinski definition) is 3. The molecule has 1 saturated heterocycles. The van der Waals surface area contributed by atoms with Crippen molar-refractivity contribution >= 4 is 23.4 Å². The van der Waals surface area contributed by atoms with E-state index in [-0.39, 0.29) is 18.0 Å². The largest absolute Gasteiger partial charge is 0.333 e. The molecule has 0 aliphatic carbocycles. The van der Waals surface area contributed by atoms with E-state index in [0.717, 1.165) is 16.9 Å². The zero-order valence-corrected chi connectivity index (χ0v) is 14.7. The van der Waals surface area contributed by atoms with Crippen LogP contribution < -0.4 is 15.5 Å². The fraction of sp³-hybridized carbons (Fsp3) is 0.316. The van der Waals surface area contributed by atoms with E-state index in [9.17, 15) is 9.59 Å². The molecule has 25 heavy (non-hydrogen) atoms. The van der Waals surface area contributed by atoms with Crippen molar-refractivity contribution in [3.8, 4) is 0 Å². The molecule has 2 aromatic rings. The minimum atomic E-state index is -0.349. The minimum Gasteiger partial charge on any atom is -0.333 e. The van der Waals surface area contributed by atoms with E-state index >= 15 is 0 Å². The quantitative estimate of drug-likeness (QED) is 0.903. The zero-order chi connectivity index (χ0) is 18.0. The third-order valence-corrected chi connectivity index (χ3v) is 4.39. The Kier molecular flexibility index (Phi) is 4.70. The van der Waals surface area contributed by atoms with Crippen LogP contribution >= 0.6 is 0 Å². The molecule has 0 saturated carbocycles. The molecule has 0 bridgehead atoms. The van der Waals surface area contributed by atoms with Gasteiger partial charge < -0.3 is 10.2 Å². The van der Waals surface area contributed by atoms with E-state index in [0.29, 0.717) is 18.8 Å². The number of carbonyl (C=O) groups is 2. The summed E-state index contributed by atoms with van der Waals surface area (Å²) >= 11 is 0. The van der Waals surface area contributed by atoms with Gasteiger partial charge in [-0.25, -0.2) is 9.78 Å². The standard InChI is InChI=1S/C19H22N4O2/c1-12-7-8-16(9-13(12)2)23-11-15(10-18(23)24)21-19(25)22-17-6-4-5-14(3)20-17/h4-9,15H,10-11H2,1-3H3,(H2,20,21,22,25). The van der Waals surface area contributed by atoms with Gasteiger partial charge >= 0.3 is 6.03 Å². The molecule has 1 aromatic carbocycles. The molecule has 1 aliphatic rings. The van der Waals surface area contributed by atoms with Gasteiger partial charge in [0, 0.05) is 24.3 Å². The lowest BCUT2D eigenvalue weighted by Gasteiger charge is -2.18. The first-order chi connectivity index (χ1) is 11.9. The maximum atomic E-state index is 12.3. The molecule has 1 fully saturated rings. The van der Waals surface area contributed by atoms with Crippen LogP contribution in [0.2, 0.25) is 0 Å². The van der Waals surface area contributed by atoms with Crippen LogP contribution in [0.5, 0.6) is 0 Å². The number of hydrogen-bond donors (Lipinski definition) is 2. The van der Waals surface area contributed by atoms with E-state index in [1.165, 1.54) is 5.56 Å². The number of urea groups is 1. The highest BCUT2D eigenvalue weighted by molar-refractivity contribution is 5.97. The Morgan fingerprint density at radius 2 is 1.96 bits per heavy atom. The van der Waals surface area contributed by atoms with Gasteiger partial charge in [0.05, 0.1) is 6.04 Å². The number of carbonyl (C=O) groups excluding carboxylic acids is 2. The van der Waals surface area contributed by atoms with E-state index < -0.39 is 0 Å². The van der Waals surface area contributed by atoms with Gasteiger partial charge in [-0.3, -0.25) is 10.1 Å². The van der Waals surface area contributed by atoms with E-state index in [2.05, 4.69) is 15.6 Å². The van der Waals surface area contributed by atoms with Gasteiger partial charge in [-0.15, -0.1) is 0 Å². The Hall–Kier alpha value is -2.89. The van der Waals surface area contributed by atoms with Crippen LogP contribution in [-0.4, -0.2) is 29.5 Å². The SMILES string of the molecule is Cc1cccc(NC(=O)NC2CC(=O)N(c3ccc(C)c(C)c3)C2)n1. The van der Waals surface area contributed by atoms with Crippen molar-refractivity contribution in [1.82, 2.24) is 10.3 Å². The van der Waals surface area contributed by atoms with Crippen molar-refractivity contribution in [3.05, 3.63) is 53.2 Å². The molecule has 1 atom stereocenters. The summed E-state index contributed by atoms with van der Waals surface area (Å²) in [4.78, 5) is 30.4. The summed E-state index contributed by atoms with van der Waals surface area (Å²) in [5.74, 6) is 0.509. The molecule has 6 nitrogen and oxygen atoms in total. The monoisotopic (exact) mass is 338 g/mol. The van der Waals surface area contributed by atoms with Gasteiger partial charge in [-0.05, 0) is 56.2 Å². The molecule has 3 amide bonds.